The highest BCUT2D eigenvalue weighted by molar-refractivity contribution is 5.51. The highest BCUT2D eigenvalue weighted by atomic mass is 16.3. The first-order valence-corrected chi connectivity index (χ1v) is 9.35. The minimum absolute atomic E-state index is 0.204. The van der Waals surface area contributed by atoms with Crippen molar-refractivity contribution in [1.29, 1.82) is 0 Å². The summed E-state index contributed by atoms with van der Waals surface area (Å²) in [6, 6.07) is 13.0. The molecule has 0 aliphatic heterocycles. The van der Waals surface area contributed by atoms with Gasteiger partial charge >= 0.3 is 0 Å². The molecule has 1 aliphatic carbocycles. The molecule has 3 rings (SSSR count). The van der Waals surface area contributed by atoms with Crippen LogP contribution in [0.1, 0.15) is 57.2 Å². The van der Waals surface area contributed by atoms with Crippen LogP contribution in [0.15, 0.2) is 65.9 Å². The van der Waals surface area contributed by atoms with Crippen LogP contribution >= 0.6 is 0 Å². The van der Waals surface area contributed by atoms with E-state index in [0.717, 1.165) is 23.1 Å². The summed E-state index contributed by atoms with van der Waals surface area (Å²) in [4.78, 5) is 0. The second-order valence-corrected chi connectivity index (χ2v) is 8.38. The molecule has 0 radical (unpaired) electrons. The fraction of sp³-hybridized carbons (Fsp3) is 0.333. The largest absolute Gasteiger partial charge is 0.512 e. The molecular weight excluding hydrogens is 336 g/mol. The van der Waals surface area contributed by atoms with Gasteiger partial charge in [0.2, 0.25) is 0 Å². The van der Waals surface area contributed by atoms with Gasteiger partial charge in [0.25, 0.3) is 0 Å². The fourth-order valence-corrected chi connectivity index (χ4v) is 3.79. The quantitative estimate of drug-likeness (QED) is 0.636. The summed E-state index contributed by atoms with van der Waals surface area (Å²) < 4.78 is 0. The maximum atomic E-state index is 10.6. The van der Waals surface area contributed by atoms with Gasteiger partial charge in [0.1, 0.15) is 11.5 Å². The Hall–Kier alpha value is -2.68. The minimum Gasteiger partial charge on any atom is -0.512 e. The monoisotopic (exact) mass is 364 g/mol. The van der Waals surface area contributed by atoms with Crippen molar-refractivity contribution in [3.8, 4) is 11.5 Å². The number of allylic oxidation sites excluding steroid dienone is 4. The summed E-state index contributed by atoms with van der Waals surface area (Å²) in [5, 5.41) is 29.8. The smallest absolute Gasteiger partial charge is 0.119 e. The maximum absolute atomic E-state index is 10.6. The summed E-state index contributed by atoms with van der Waals surface area (Å²) in [6.45, 7) is 8.51. The highest BCUT2D eigenvalue weighted by Gasteiger charge is 2.31. The zero-order valence-corrected chi connectivity index (χ0v) is 16.5. The average molecular weight is 364 g/mol. The topological polar surface area (TPSA) is 60.7 Å². The van der Waals surface area contributed by atoms with E-state index in [-0.39, 0.29) is 16.9 Å². The van der Waals surface area contributed by atoms with Gasteiger partial charge in [-0.3, -0.25) is 0 Å². The molecule has 0 unspecified atom stereocenters. The Morgan fingerprint density at radius 1 is 0.704 bits per heavy atom. The van der Waals surface area contributed by atoms with Crippen LogP contribution < -0.4 is 0 Å². The number of aliphatic hydroxyl groups excluding tert-OH is 1. The number of benzene rings is 2. The lowest BCUT2D eigenvalue weighted by atomic mass is 9.71. The minimum atomic E-state index is -0.414. The van der Waals surface area contributed by atoms with Crippen LogP contribution in [0.2, 0.25) is 0 Å². The van der Waals surface area contributed by atoms with Gasteiger partial charge in [0.15, 0.2) is 0 Å². The third kappa shape index (κ3) is 3.59. The van der Waals surface area contributed by atoms with Crippen LogP contribution in [0.3, 0.4) is 0 Å². The zero-order valence-electron chi connectivity index (χ0n) is 16.5. The van der Waals surface area contributed by atoms with Crippen molar-refractivity contribution in [3.63, 3.8) is 0 Å². The van der Waals surface area contributed by atoms with E-state index in [4.69, 9.17) is 0 Å². The molecule has 3 N–H and O–H groups in total. The Bertz CT molecular complexity index is 900. The van der Waals surface area contributed by atoms with Crippen LogP contribution in [0.5, 0.6) is 11.5 Å². The first-order chi connectivity index (χ1) is 12.6. The van der Waals surface area contributed by atoms with Crippen molar-refractivity contribution >= 4 is 0 Å². The molecule has 0 saturated heterocycles. The predicted octanol–water partition coefficient (Wildman–Crippen LogP) is 5.86. The van der Waals surface area contributed by atoms with Crippen LogP contribution in [0.4, 0.5) is 0 Å². The molecule has 0 fully saturated rings. The number of phenolic OH excluding ortho intramolecular Hbond substituents is 2. The Morgan fingerprint density at radius 3 is 1.93 bits per heavy atom. The second-order valence-electron chi connectivity index (χ2n) is 8.38. The van der Waals surface area contributed by atoms with E-state index in [1.54, 1.807) is 24.3 Å². The number of aliphatic hydroxyl groups is 1. The Kier molecular flexibility index (Phi) is 4.81. The van der Waals surface area contributed by atoms with Crippen LogP contribution in [-0.4, -0.2) is 15.3 Å². The molecule has 27 heavy (non-hydrogen) atoms. The van der Waals surface area contributed by atoms with E-state index in [0.29, 0.717) is 12.2 Å². The average Bonchev–Trinajstić information content (AvgIpc) is 2.62. The fourth-order valence-electron chi connectivity index (χ4n) is 3.79. The van der Waals surface area contributed by atoms with Gasteiger partial charge < -0.3 is 15.3 Å². The molecule has 3 nitrogen and oxygen atoms in total. The summed E-state index contributed by atoms with van der Waals surface area (Å²) >= 11 is 0. The van der Waals surface area contributed by atoms with Gasteiger partial charge in [0.05, 0.1) is 5.76 Å². The molecule has 142 valence electrons. The number of aromatic hydroxyl groups is 2. The molecule has 1 aliphatic rings. The standard InChI is InChI=1S/C24H28O3/c1-23(2,16-5-10-19(25)11-6-16)18-9-14-22(27)21(15-18)24(3,4)17-7-12-20(26)13-8-17/h5,7-10,12-15,25-27H,6,11H2,1-4H3. The molecule has 2 aromatic rings. The van der Waals surface area contributed by atoms with Crippen LogP contribution in [-0.2, 0) is 10.8 Å². The third-order valence-corrected chi connectivity index (χ3v) is 5.91. The first kappa shape index (κ1) is 19.1. The van der Waals surface area contributed by atoms with E-state index in [1.807, 2.05) is 24.3 Å². The van der Waals surface area contributed by atoms with E-state index in [2.05, 4.69) is 33.8 Å². The summed E-state index contributed by atoms with van der Waals surface area (Å²) in [5.41, 5.74) is 3.65. The maximum Gasteiger partial charge on any atom is 0.119 e. The summed E-state index contributed by atoms with van der Waals surface area (Å²) in [6.07, 6.45) is 5.28. The molecule has 0 saturated carbocycles. The molecule has 3 heteroatoms. The van der Waals surface area contributed by atoms with E-state index < -0.39 is 5.41 Å². The molecule has 0 heterocycles. The number of hydrogen-bond acceptors (Lipinski definition) is 3. The van der Waals surface area contributed by atoms with Gasteiger partial charge in [-0.1, -0.05) is 63.6 Å². The van der Waals surface area contributed by atoms with Crippen molar-refractivity contribution in [2.45, 2.75) is 51.4 Å². The van der Waals surface area contributed by atoms with Gasteiger partial charge in [-0.2, -0.15) is 0 Å². The zero-order chi connectivity index (χ0) is 19.8. The lowest BCUT2D eigenvalue weighted by Crippen LogP contribution is -2.24. The lowest BCUT2D eigenvalue weighted by molar-refractivity contribution is 0.381. The Labute approximate surface area is 161 Å². The predicted molar refractivity (Wildman–Crippen MR) is 109 cm³/mol. The summed E-state index contributed by atoms with van der Waals surface area (Å²) in [7, 11) is 0. The Morgan fingerprint density at radius 2 is 1.33 bits per heavy atom. The number of rotatable bonds is 4. The van der Waals surface area contributed by atoms with Gasteiger partial charge in [-0.15, -0.1) is 0 Å². The van der Waals surface area contributed by atoms with Gasteiger partial charge in [0, 0.05) is 22.8 Å². The molecular formula is C24H28O3. The van der Waals surface area contributed by atoms with Crippen molar-refractivity contribution < 1.29 is 15.3 Å². The van der Waals surface area contributed by atoms with Crippen molar-refractivity contribution in [2.24, 2.45) is 0 Å². The van der Waals surface area contributed by atoms with E-state index in [9.17, 15) is 15.3 Å². The van der Waals surface area contributed by atoms with Crippen molar-refractivity contribution in [2.75, 3.05) is 0 Å². The van der Waals surface area contributed by atoms with Crippen LogP contribution in [0.25, 0.3) is 0 Å². The number of hydrogen-bond donors (Lipinski definition) is 3. The van der Waals surface area contributed by atoms with E-state index in [1.165, 1.54) is 5.57 Å². The highest BCUT2D eigenvalue weighted by Crippen LogP contribution is 2.42. The van der Waals surface area contributed by atoms with E-state index >= 15 is 0 Å². The second kappa shape index (κ2) is 6.80. The summed E-state index contributed by atoms with van der Waals surface area (Å²) in [5.74, 6) is 0.923. The van der Waals surface area contributed by atoms with Crippen LogP contribution in [0, 0.1) is 0 Å². The SMILES string of the molecule is CC(C)(C1=CC=C(O)CC1)c1ccc(O)c(C(C)(C)c2ccc(O)cc2)c1. The first-order valence-electron chi connectivity index (χ1n) is 9.35. The molecule has 0 spiro atoms. The molecule has 0 amide bonds. The Balaban J connectivity index is 2.05. The molecule has 0 bridgehead atoms. The molecule has 0 aromatic heterocycles. The number of phenols is 2. The van der Waals surface area contributed by atoms with Crippen molar-refractivity contribution in [3.05, 3.63) is 82.6 Å². The molecule has 0 atom stereocenters. The van der Waals surface area contributed by atoms with Crippen molar-refractivity contribution in [1.82, 2.24) is 0 Å². The third-order valence-electron chi connectivity index (χ3n) is 5.91. The lowest BCUT2D eigenvalue weighted by Gasteiger charge is -2.33. The van der Waals surface area contributed by atoms with Gasteiger partial charge in [-0.25, -0.2) is 0 Å². The molecule has 2 aromatic carbocycles. The normalized spacial score (nSPS) is 15.3. The van der Waals surface area contributed by atoms with Gasteiger partial charge in [-0.05, 0) is 41.8 Å².